The van der Waals surface area contributed by atoms with Crippen LogP contribution in [0.25, 0.3) is 0 Å². The van der Waals surface area contributed by atoms with Crippen LogP contribution in [-0.2, 0) is 10.0 Å². The predicted octanol–water partition coefficient (Wildman–Crippen LogP) is 1.14. The van der Waals surface area contributed by atoms with E-state index < -0.39 is 10.0 Å². The third-order valence-electron chi connectivity index (χ3n) is 2.26. The van der Waals surface area contributed by atoms with Gasteiger partial charge >= 0.3 is 0 Å². The molecular formula is C11H17NO3S. The summed E-state index contributed by atoms with van der Waals surface area (Å²) >= 11 is 0. The summed E-state index contributed by atoms with van der Waals surface area (Å²) in [6.07, 6.45) is 0. The first kappa shape index (κ1) is 13.0. The topological polar surface area (TPSA) is 57.6 Å². The number of rotatable bonds is 5. The molecule has 0 radical (unpaired) electrons. The van der Waals surface area contributed by atoms with Crippen molar-refractivity contribution in [1.82, 2.24) is 0 Å². The minimum Gasteiger partial charge on any atom is -0.395 e. The van der Waals surface area contributed by atoms with E-state index in [1.54, 1.807) is 13.0 Å². The van der Waals surface area contributed by atoms with Crippen molar-refractivity contribution in [3.8, 4) is 0 Å². The van der Waals surface area contributed by atoms with Gasteiger partial charge in [0.25, 0.3) is 0 Å². The van der Waals surface area contributed by atoms with Crippen LogP contribution >= 0.6 is 0 Å². The van der Waals surface area contributed by atoms with Crippen molar-refractivity contribution >= 4 is 15.7 Å². The Labute approximate surface area is 96.6 Å². The predicted molar refractivity (Wildman–Crippen MR) is 65.1 cm³/mol. The van der Waals surface area contributed by atoms with Crippen LogP contribution in [0.4, 0.5) is 5.69 Å². The Bertz CT molecular complexity index is 442. The first-order valence-corrected chi connectivity index (χ1v) is 6.80. The lowest BCUT2D eigenvalue weighted by Crippen LogP contribution is -2.33. The van der Waals surface area contributed by atoms with E-state index in [9.17, 15) is 8.42 Å². The normalized spacial score (nSPS) is 11.4. The van der Waals surface area contributed by atoms with Crippen molar-refractivity contribution in [3.05, 3.63) is 29.8 Å². The fourth-order valence-corrected chi connectivity index (χ4v) is 2.83. The lowest BCUT2D eigenvalue weighted by atomic mass is 10.2. The van der Waals surface area contributed by atoms with Crippen LogP contribution in [-0.4, -0.2) is 32.4 Å². The average molecular weight is 243 g/mol. The molecule has 1 aromatic carbocycles. The Morgan fingerprint density at radius 3 is 2.56 bits per heavy atom. The number of nitrogens with zero attached hydrogens (tertiary/aromatic N) is 1. The second-order valence-electron chi connectivity index (χ2n) is 3.54. The second-order valence-corrected chi connectivity index (χ2v) is 5.56. The van der Waals surface area contributed by atoms with Gasteiger partial charge in [-0.1, -0.05) is 12.1 Å². The number of anilines is 1. The maximum absolute atomic E-state index is 11.8. The zero-order chi connectivity index (χ0) is 12.2. The number of aliphatic hydroxyl groups excluding tert-OH is 1. The van der Waals surface area contributed by atoms with Gasteiger partial charge < -0.3 is 5.11 Å². The summed E-state index contributed by atoms with van der Waals surface area (Å²) in [4.78, 5) is 0. The molecule has 16 heavy (non-hydrogen) atoms. The van der Waals surface area contributed by atoms with Crippen LogP contribution in [0.3, 0.4) is 0 Å². The van der Waals surface area contributed by atoms with Crippen LogP contribution in [0.1, 0.15) is 12.5 Å². The van der Waals surface area contributed by atoms with Gasteiger partial charge in [-0.2, -0.15) is 0 Å². The van der Waals surface area contributed by atoms with E-state index >= 15 is 0 Å². The first-order valence-electron chi connectivity index (χ1n) is 5.19. The molecule has 4 nitrogen and oxygen atoms in total. The summed E-state index contributed by atoms with van der Waals surface area (Å²) in [5.74, 6) is -0.241. The molecule has 0 spiro atoms. The molecular weight excluding hydrogens is 226 g/mol. The van der Waals surface area contributed by atoms with E-state index in [-0.39, 0.29) is 12.4 Å². The molecule has 0 unspecified atom stereocenters. The van der Waals surface area contributed by atoms with Gasteiger partial charge in [0.2, 0.25) is 10.0 Å². The third-order valence-corrected chi connectivity index (χ3v) is 4.10. The number of aliphatic hydroxyl groups is 1. The summed E-state index contributed by atoms with van der Waals surface area (Å²) in [5, 5.41) is 8.74. The standard InChI is InChI=1S/C11H17NO3S/c1-3-12(16(14,15)8-7-13)11-6-4-5-10(2)9-11/h4-6,9,13H,3,7-8H2,1-2H3. The monoisotopic (exact) mass is 243 g/mol. The molecule has 0 aliphatic heterocycles. The zero-order valence-electron chi connectivity index (χ0n) is 9.55. The van der Waals surface area contributed by atoms with E-state index in [0.29, 0.717) is 12.2 Å². The highest BCUT2D eigenvalue weighted by Crippen LogP contribution is 2.19. The van der Waals surface area contributed by atoms with Crippen LogP contribution < -0.4 is 4.31 Å². The Morgan fingerprint density at radius 2 is 2.06 bits per heavy atom. The minimum atomic E-state index is -3.41. The van der Waals surface area contributed by atoms with Crippen LogP contribution in [0, 0.1) is 6.92 Å². The molecule has 0 atom stereocenters. The van der Waals surface area contributed by atoms with Crippen LogP contribution in [0.5, 0.6) is 0 Å². The highest BCUT2D eigenvalue weighted by molar-refractivity contribution is 7.92. The lowest BCUT2D eigenvalue weighted by molar-refractivity contribution is 0.319. The fourth-order valence-electron chi connectivity index (χ4n) is 1.55. The lowest BCUT2D eigenvalue weighted by Gasteiger charge is -2.22. The molecule has 90 valence electrons. The van der Waals surface area contributed by atoms with Gasteiger partial charge in [-0.05, 0) is 31.5 Å². The fraction of sp³-hybridized carbons (Fsp3) is 0.455. The maximum atomic E-state index is 11.8. The van der Waals surface area contributed by atoms with Gasteiger partial charge in [-0.15, -0.1) is 0 Å². The van der Waals surface area contributed by atoms with E-state index in [4.69, 9.17) is 5.11 Å². The van der Waals surface area contributed by atoms with Gasteiger partial charge in [0.05, 0.1) is 18.0 Å². The van der Waals surface area contributed by atoms with Crippen molar-refractivity contribution in [1.29, 1.82) is 0 Å². The molecule has 0 amide bonds. The molecule has 5 heteroatoms. The molecule has 0 aromatic heterocycles. The van der Waals surface area contributed by atoms with Crippen LogP contribution in [0.15, 0.2) is 24.3 Å². The summed E-state index contributed by atoms with van der Waals surface area (Å²) in [6.45, 7) is 3.70. The van der Waals surface area contributed by atoms with Gasteiger partial charge in [0.1, 0.15) is 0 Å². The molecule has 0 bridgehead atoms. The van der Waals surface area contributed by atoms with Gasteiger partial charge in [0, 0.05) is 6.54 Å². The number of sulfonamides is 1. The zero-order valence-corrected chi connectivity index (χ0v) is 10.4. The summed E-state index contributed by atoms with van der Waals surface area (Å²) in [7, 11) is -3.41. The molecule has 0 aliphatic carbocycles. The number of hydrogen-bond acceptors (Lipinski definition) is 3. The Kier molecular flexibility index (Phi) is 4.32. The number of hydrogen-bond donors (Lipinski definition) is 1. The van der Waals surface area contributed by atoms with Crippen molar-refractivity contribution in [3.63, 3.8) is 0 Å². The summed E-state index contributed by atoms with van der Waals surface area (Å²) in [6, 6.07) is 7.31. The molecule has 0 saturated heterocycles. The van der Waals surface area contributed by atoms with Crippen molar-refractivity contribution in [2.24, 2.45) is 0 Å². The molecule has 0 heterocycles. The van der Waals surface area contributed by atoms with Crippen molar-refractivity contribution in [2.45, 2.75) is 13.8 Å². The quantitative estimate of drug-likeness (QED) is 0.843. The average Bonchev–Trinajstić information content (AvgIpc) is 2.18. The maximum Gasteiger partial charge on any atom is 0.237 e. The van der Waals surface area contributed by atoms with E-state index in [2.05, 4.69) is 0 Å². The van der Waals surface area contributed by atoms with Gasteiger partial charge in [-0.25, -0.2) is 8.42 Å². The number of aryl methyl sites for hydroxylation is 1. The highest BCUT2D eigenvalue weighted by Gasteiger charge is 2.19. The SMILES string of the molecule is CCN(c1cccc(C)c1)S(=O)(=O)CCO. The molecule has 1 aromatic rings. The Balaban J connectivity index is 3.08. The second kappa shape index (κ2) is 5.32. The van der Waals surface area contributed by atoms with Crippen LogP contribution in [0.2, 0.25) is 0 Å². The molecule has 1 N–H and O–H groups in total. The largest absolute Gasteiger partial charge is 0.395 e. The van der Waals surface area contributed by atoms with Gasteiger partial charge in [-0.3, -0.25) is 4.31 Å². The third kappa shape index (κ3) is 2.96. The molecule has 0 saturated carbocycles. The molecule has 0 aliphatic rings. The number of benzene rings is 1. The van der Waals surface area contributed by atoms with E-state index in [1.165, 1.54) is 4.31 Å². The highest BCUT2D eigenvalue weighted by atomic mass is 32.2. The molecule has 1 rings (SSSR count). The minimum absolute atomic E-state index is 0.241. The first-order chi connectivity index (χ1) is 7.51. The van der Waals surface area contributed by atoms with Crippen molar-refractivity contribution in [2.75, 3.05) is 23.2 Å². The summed E-state index contributed by atoms with van der Waals surface area (Å²) < 4.78 is 25.0. The van der Waals surface area contributed by atoms with Gasteiger partial charge in [0.15, 0.2) is 0 Å². The molecule has 0 fully saturated rings. The Morgan fingerprint density at radius 1 is 1.38 bits per heavy atom. The summed E-state index contributed by atoms with van der Waals surface area (Å²) in [5.41, 5.74) is 1.66. The van der Waals surface area contributed by atoms with E-state index in [1.807, 2.05) is 25.1 Å². The smallest absolute Gasteiger partial charge is 0.237 e. The van der Waals surface area contributed by atoms with E-state index in [0.717, 1.165) is 5.56 Å². The van der Waals surface area contributed by atoms with Crippen molar-refractivity contribution < 1.29 is 13.5 Å². The Hall–Kier alpha value is -1.07.